The van der Waals surface area contributed by atoms with Gasteiger partial charge >= 0.3 is 0 Å². The van der Waals surface area contributed by atoms with E-state index in [1.165, 1.54) is 45.4 Å². The summed E-state index contributed by atoms with van der Waals surface area (Å²) < 4.78 is 0. The summed E-state index contributed by atoms with van der Waals surface area (Å²) in [6, 6.07) is 0.780. The van der Waals surface area contributed by atoms with Crippen LogP contribution in [0.3, 0.4) is 0 Å². The molecule has 0 bridgehead atoms. The normalized spacial score (nSPS) is 29.4. The predicted molar refractivity (Wildman–Crippen MR) is 62.6 cm³/mol. The van der Waals surface area contributed by atoms with Crippen LogP contribution >= 0.6 is 0 Å². The molecule has 0 aromatic heterocycles. The van der Waals surface area contributed by atoms with Crippen molar-refractivity contribution in [2.45, 2.75) is 46.1 Å². The minimum Gasteiger partial charge on any atom is -0.314 e. The molecule has 1 saturated heterocycles. The lowest BCUT2D eigenvalue weighted by Gasteiger charge is -2.38. The molecule has 84 valence electrons. The van der Waals surface area contributed by atoms with Gasteiger partial charge in [0, 0.05) is 12.6 Å². The van der Waals surface area contributed by atoms with E-state index in [4.69, 9.17) is 0 Å². The van der Waals surface area contributed by atoms with E-state index < -0.39 is 0 Å². The molecule has 0 spiro atoms. The summed E-state index contributed by atoms with van der Waals surface area (Å²) in [5, 5.41) is 3.69. The Morgan fingerprint density at radius 2 is 2.07 bits per heavy atom. The molecule has 1 fully saturated rings. The molecule has 1 aliphatic heterocycles. The second-order valence-corrected chi connectivity index (χ2v) is 4.41. The molecule has 0 aliphatic carbocycles. The zero-order valence-corrected chi connectivity index (χ0v) is 10.1. The van der Waals surface area contributed by atoms with Crippen molar-refractivity contribution in [3.63, 3.8) is 0 Å². The third kappa shape index (κ3) is 3.25. The van der Waals surface area contributed by atoms with Crippen molar-refractivity contribution < 1.29 is 0 Å². The van der Waals surface area contributed by atoms with Gasteiger partial charge in [0.05, 0.1) is 0 Å². The van der Waals surface area contributed by atoms with Crippen molar-refractivity contribution >= 4 is 0 Å². The molecule has 1 aliphatic rings. The van der Waals surface area contributed by atoms with Crippen LogP contribution in [0.4, 0.5) is 0 Å². The summed E-state index contributed by atoms with van der Waals surface area (Å²) >= 11 is 0. The first-order valence-electron chi connectivity index (χ1n) is 6.27. The van der Waals surface area contributed by atoms with Crippen molar-refractivity contribution in [2.75, 3.05) is 26.2 Å². The molecule has 0 saturated carbocycles. The number of rotatable bonds is 5. The van der Waals surface area contributed by atoms with E-state index >= 15 is 0 Å². The van der Waals surface area contributed by atoms with Crippen LogP contribution in [0.2, 0.25) is 0 Å². The first-order valence-corrected chi connectivity index (χ1v) is 6.27. The molecule has 1 N–H and O–H groups in total. The molecular weight excluding hydrogens is 172 g/mol. The molecule has 1 rings (SSSR count). The molecule has 0 aromatic carbocycles. The van der Waals surface area contributed by atoms with Gasteiger partial charge < -0.3 is 10.2 Å². The molecular formula is C12H26N2. The monoisotopic (exact) mass is 198 g/mol. The Labute approximate surface area is 89.1 Å². The maximum Gasteiger partial charge on any atom is 0.0120 e. The van der Waals surface area contributed by atoms with Gasteiger partial charge in [0.1, 0.15) is 0 Å². The lowest BCUT2D eigenvalue weighted by atomic mass is 9.90. The average molecular weight is 198 g/mol. The Kier molecular flexibility index (Phi) is 5.49. The number of nitrogens with zero attached hydrogens (tertiary/aromatic N) is 1. The van der Waals surface area contributed by atoms with E-state index in [1.807, 2.05) is 0 Å². The van der Waals surface area contributed by atoms with Crippen LogP contribution in [0, 0.1) is 5.92 Å². The fraction of sp³-hybridized carbons (Fsp3) is 1.00. The third-order valence-electron chi connectivity index (χ3n) is 3.45. The third-order valence-corrected chi connectivity index (χ3v) is 3.45. The zero-order valence-electron chi connectivity index (χ0n) is 10.1. The SMILES string of the molecule is CCCNC1CCN(CC)CC1CC. The highest BCUT2D eigenvalue weighted by Crippen LogP contribution is 2.19. The first-order chi connectivity index (χ1) is 6.81. The fourth-order valence-electron chi connectivity index (χ4n) is 2.41. The Morgan fingerprint density at radius 1 is 1.29 bits per heavy atom. The van der Waals surface area contributed by atoms with E-state index in [9.17, 15) is 0 Å². The average Bonchev–Trinajstić information content (AvgIpc) is 2.26. The van der Waals surface area contributed by atoms with Gasteiger partial charge in [-0.3, -0.25) is 0 Å². The molecule has 2 nitrogen and oxygen atoms in total. The summed E-state index contributed by atoms with van der Waals surface area (Å²) in [5.74, 6) is 0.871. The Bertz CT molecular complexity index is 147. The number of likely N-dealkylation sites (tertiary alicyclic amines) is 1. The summed E-state index contributed by atoms with van der Waals surface area (Å²) in [4.78, 5) is 2.58. The molecule has 2 unspecified atom stereocenters. The summed E-state index contributed by atoms with van der Waals surface area (Å²) in [6.07, 6.45) is 3.91. The van der Waals surface area contributed by atoms with Crippen molar-refractivity contribution in [2.24, 2.45) is 5.92 Å². The van der Waals surface area contributed by atoms with E-state index in [0.29, 0.717) is 0 Å². The maximum absolute atomic E-state index is 3.69. The Hall–Kier alpha value is -0.0800. The smallest absolute Gasteiger partial charge is 0.0120 e. The van der Waals surface area contributed by atoms with E-state index in [1.54, 1.807) is 0 Å². The standard InChI is InChI=1S/C12H26N2/c1-4-8-13-12-7-9-14(6-3)10-11(12)5-2/h11-13H,4-10H2,1-3H3. The number of nitrogens with one attached hydrogen (secondary N) is 1. The van der Waals surface area contributed by atoms with Crippen molar-refractivity contribution in [3.05, 3.63) is 0 Å². The van der Waals surface area contributed by atoms with E-state index in [0.717, 1.165) is 12.0 Å². The molecule has 1 heterocycles. The van der Waals surface area contributed by atoms with Crippen molar-refractivity contribution in [3.8, 4) is 0 Å². The first kappa shape index (κ1) is 12.0. The van der Waals surface area contributed by atoms with Crippen LogP contribution in [0.5, 0.6) is 0 Å². The largest absolute Gasteiger partial charge is 0.314 e. The van der Waals surface area contributed by atoms with Gasteiger partial charge in [-0.1, -0.05) is 27.2 Å². The Balaban J connectivity index is 2.35. The van der Waals surface area contributed by atoms with E-state index in [2.05, 4.69) is 31.0 Å². The second-order valence-electron chi connectivity index (χ2n) is 4.41. The van der Waals surface area contributed by atoms with Gasteiger partial charge in [0.2, 0.25) is 0 Å². The highest BCUT2D eigenvalue weighted by Gasteiger charge is 2.26. The summed E-state index contributed by atoms with van der Waals surface area (Å²) in [7, 11) is 0. The highest BCUT2D eigenvalue weighted by molar-refractivity contribution is 4.83. The highest BCUT2D eigenvalue weighted by atomic mass is 15.1. The Morgan fingerprint density at radius 3 is 2.64 bits per heavy atom. The summed E-state index contributed by atoms with van der Waals surface area (Å²) in [6.45, 7) is 11.8. The van der Waals surface area contributed by atoms with Gasteiger partial charge in [0.15, 0.2) is 0 Å². The van der Waals surface area contributed by atoms with Crippen LogP contribution in [0.1, 0.15) is 40.0 Å². The molecule has 0 aromatic rings. The van der Waals surface area contributed by atoms with Crippen LogP contribution in [-0.2, 0) is 0 Å². The number of piperidine rings is 1. The molecule has 2 heteroatoms. The quantitative estimate of drug-likeness (QED) is 0.728. The zero-order chi connectivity index (χ0) is 10.4. The van der Waals surface area contributed by atoms with Crippen molar-refractivity contribution in [1.82, 2.24) is 10.2 Å². The second kappa shape index (κ2) is 6.41. The fourth-order valence-corrected chi connectivity index (χ4v) is 2.41. The van der Waals surface area contributed by atoms with Crippen molar-refractivity contribution in [1.29, 1.82) is 0 Å². The molecule has 14 heavy (non-hydrogen) atoms. The lowest BCUT2D eigenvalue weighted by molar-refractivity contribution is 0.140. The van der Waals surface area contributed by atoms with Crippen LogP contribution in [-0.4, -0.2) is 37.1 Å². The van der Waals surface area contributed by atoms with Crippen LogP contribution < -0.4 is 5.32 Å². The van der Waals surface area contributed by atoms with Gasteiger partial charge in [0.25, 0.3) is 0 Å². The van der Waals surface area contributed by atoms with Gasteiger partial charge in [-0.25, -0.2) is 0 Å². The van der Waals surface area contributed by atoms with Crippen LogP contribution in [0.15, 0.2) is 0 Å². The van der Waals surface area contributed by atoms with Gasteiger partial charge in [-0.15, -0.1) is 0 Å². The number of hydrogen-bond acceptors (Lipinski definition) is 2. The maximum atomic E-state index is 3.69. The number of hydrogen-bond donors (Lipinski definition) is 1. The van der Waals surface area contributed by atoms with Crippen LogP contribution in [0.25, 0.3) is 0 Å². The minimum absolute atomic E-state index is 0.780. The molecule has 0 radical (unpaired) electrons. The molecule has 0 amide bonds. The summed E-state index contributed by atoms with van der Waals surface area (Å²) in [5.41, 5.74) is 0. The predicted octanol–water partition coefficient (Wildman–Crippen LogP) is 2.11. The van der Waals surface area contributed by atoms with Gasteiger partial charge in [-0.05, 0) is 38.4 Å². The topological polar surface area (TPSA) is 15.3 Å². The van der Waals surface area contributed by atoms with E-state index in [-0.39, 0.29) is 0 Å². The lowest BCUT2D eigenvalue weighted by Crippen LogP contribution is -2.49. The molecule has 2 atom stereocenters. The minimum atomic E-state index is 0.780. The van der Waals surface area contributed by atoms with Gasteiger partial charge in [-0.2, -0.15) is 0 Å².